The van der Waals surface area contributed by atoms with E-state index in [-0.39, 0.29) is 6.04 Å². The first-order valence-electron chi connectivity index (χ1n) is 8.65. The zero-order valence-electron chi connectivity index (χ0n) is 14.4. The van der Waals surface area contributed by atoms with Crippen LogP contribution in [-0.4, -0.2) is 35.6 Å². The maximum Gasteiger partial charge on any atom is 0.246 e. The van der Waals surface area contributed by atoms with E-state index >= 15 is 0 Å². The molecule has 5 nitrogen and oxygen atoms in total. The van der Waals surface area contributed by atoms with Gasteiger partial charge in [0.25, 0.3) is 0 Å². The van der Waals surface area contributed by atoms with Gasteiger partial charge < -0.3 is 0 Å². The smallest absolute Gasteiger partial charge is 0.246 e. The third-order valence-electron chi connectivity index (χ3n) is 4.46. The minimum Gasteiger partial charge on any atom is -0.268 e. The van der Waals surface area contributed by atoms with Gasteiger partial charge in [0.05, 0.1) is 0 Å². The summed E-state index contributed by atoms with van der Waals surface area (Å²) in [6.45, 7) is 5.21. The molecule has 3 rings (SSSR count). The standard InChI is InChI=1S/C18H25N3O2S/c1-15(2)21-14-17(18(19-21)16-10-6-5-7-11-16)24(22,23)20-12-8-3-4-9-13-20/h5-7,10-11,14-15H,3-4,8-9,12-13H2,1-2H3. The Hall–Kier alpha value is -1.66. The van der Waals surface area contributed by atoms with Gasteiger partial charge in [0, 0.05) is 30.9 Å². The van der Waals surface area contributed by atoms with Crippen LogP contribution in [0.1, 0.15) is 45.6 Å². The minimum absolute atomic E-state index is 0.112. The second kappa shape index (κ2) is 7.07. The molecule has 1 aromatic carbocycles. The Morgan fingerprint density at radius 1 is 1.00 bits per heavy atom. The molecule has 1 aliphatic rings. The van der Waals surface area contributed by atoms with Crippen molar-refractivity contribution in [3.8, 4) is 11.3 Å². The van der Waals surface area contributed by atoms with Gasteiger partial charge in [-0.05, 0) is 26.7 Å². The molecular weight excluding hydrogens is 322 g/mol. The summed E-state index contributed by atoms with van der Waals surface area (Å²) in [4.78, 5) is 0.323. The fourth-order valence-electron chi connectivity index (χ4n) is 3.05. The van der Waals surface area contributed by atoms with E-state index in [0.29, 0.717) is 23.7 Å². The first-order valence-corrected chi connectivity index (χ1v) is 10.1. The van der Waals surface area contributed by atoms with Crippen LogP contribution >= 0.6 is 0 Å². The van der Waals surface area contributed by atoms with Crippen LogP contribution in [0, 0.1) is 0 Å². The Morgan fingerprint density at radius 2 is 1.62 bits per heavy atom. The van der Waals surface area contributed by atoms with Gasteiger partial charge in [-0.2, -0.15) is 9.40 Å². The largest absolute Gasteiger partial charge is 0.268 e. The van der Waals surface area contributed by atoms with Gasteiger partial charge in [-0.25, -0.2) is 8.42 Å². The van der Waals surface area contributed by atoms with Crippen molar-refractivity contribution in [1.29, 1.82) is 0 Å². The zero-order valence-corrected chi connectivity index (χ0v) is 15.2. The van der Waals surface area contributed by atoms with E-state index in [9.17, 15) is 8.42 Å². The maximum atomic E-state index is 13.2. The molecule has 0 bridgehead atoms. The summed E-state index contributed by atoms with van der Waals surface area (Å²) in [6, 6.07) is 9.67. The second-order valence-electron chi connectivity index (χ2n) is 6.60. The SMILES string of the molecule is CC(C)n1cc(S(=O)(=O)N2CCCCCC2)c(-c2ccccc2)n1. The number of benzene rings is 1. The van der Waals surface area contributed by atoms with Crippen molar-refractivity contribution in [3.63, 3.8) is 0 Å². The lowest BCUT2D eigenvalue weighted by molar-refractivity contribution is 0.423. The molecule has 24 heavy (non-hydrogen) atoms. The molecule has 0 saturated carbocycles. The van der Waals surface area contributed by atoms with E-state index in [2.05, 4.69) is 5.10 Å². The second-order valence-corrected chi connectivity index (χ2v) is 8.51. The Morgan fingerprint density at radius 3 is 2.21 bits per heavy atom. The fraction of sp³-hybridized carbons (Fsp3) is 0.500. The van der Waals surface area contributed by atoms with Crippen molar-refractivity contribution in [2.45, 2.75) is 50.5 Å². The molecule has 2 heterocycles. The highest BCUT2D eigenvalue weighted by Crippen LogP contribution is 2.30. The van der Waals surface area contributed by atoms with Gasteiger partial charge in [0.15, 0.2) is 0 Å². The summed E-state index contributed by atoms with van der Waals surface area (Å²) in [5, 5.41) is 4.58. The van der Waals surface area contributed by atoms with Crippen LogP contribution in [-0.2, 0) is 10.0 Å². The fourth-order valence-corrected chi connectivity index (χ4v) is 4.71. The summed E-state index contributed by atoms with van der Waals surface area (Å²) in [7, 11) is -3.53. The van der Waals surface area contributed by atoms with E-state index in [1.54, 1.807) is 15.2 Å². The molecular formula is C18H25N3O2S. The summed E-state index contributed by atoms with van der Waals surface area (Å²) in [5.41, 5.74) is 1.39. The molecule has 0 aliphatic carbocycles. The summed E-state index contributed by atoms with van der Waals surface area (Å²) >= 11 is 0. The van der Waals surface area contributed by atoms with Crippen molar-refractivity contribution in [3.05, 3.63) is 36.5 Å². The third-order valence-corrected chi connectivity index (χ3v) is 6.36. The molecule has 0 unspecified atom stereocenters. The van der Waals surface area contributed by atoms with Crippen molar-refractivity contribution in [1.82, 2.24) is 14.1 Å². The lowest BCUT2D eigenvalue weighted by Gasteiger charge is -2.19. The van der Waals surface area contributed by atoms with E-state index in [4.69, 9.17) is 0 Å². The number of nitrogens with zero attached hydrogens (tertiary/aromatic N) is 3. The molecule has 6 heteroatoms. The Bertz CT molecular complexity index is 774. The Balaban J connectivity index is 2.08. The average molecular weight is 347 g/mol. The van der Waals surface area contributed by atoms with Crippen LogP contribution in [0.25, 0.3) is 11.3 Å². The van der Waals surface area contributed by atoms with E-state index in [1.807, 2.05) is 44.2 Å². The van der Waals surface area contributed by atoms with Crippen LogP contribution in [0.4, 0.5) is 0 Å². The molecule has 1 saturated heterocycles. The number of rotatable bonds is 4. The predicted molar refractivity (Wildman–Crippen MR) is 95.3 cm³/mol. The molecule has 0 amide bonds. The monoisotopic (exact) mass is 347 g/mol. The molecule has 130 valence electrons. The zero-order chi connectivity index (χ0) is 17.2. The van der Waals surface area contributed by atoms with Gasteiger partial charge in [0.1, 0.15) is 10.6 Å². The lowest BCUT2D eigenvalue weighted by Crippen LogP contribution is -2.32. The van der Waals surface area contributed by atoms with Crippen LogP contribution in [0.5, 0.6) is 0 Å². The highest BCUT2D eigenvalue weighted by molar-refractivity contribution is 7.89. The molecule has 0 radical (unpaired) electrons. The van der Waals surface area contributed by atoms with Crippen molar-refractivity contribution in [2.24, 2.45) is 0 Å². The maximum absolute atomic E-state index is 13.2. The molecule has 2 aromatic rings. The van der Waals surface area contributed by atoms with Gasteiger partial charge in [-0.3, -0.25) is 4.68 Å². The first-order chi connectivity index (χ1) is 11.5. The van der Waals surface area contributed by atoms with Crippen LogP contribution < -0.4 is 0 Å². The molecule has 0 spiro atoms. The van der Waals surface area contributed by atoms with Crippen molar-refractivity contribution in [2.75, 3.05) is 13.1 Å². The van der Waals surface area contributed by atoms with Gasteiger partial charge in [0.2, 0.25) is 10.0 Å². The van der Waals surface area contributed by atoms with Crippen molar-refractivity contribution >= 4 is 10.0 Å². The van der Waals surface area contributed by atoms with Crippen molar-refractivity contribution < 1.29 is 8.42 Å². The molecule has 1 fully saturated rings. The highest BCUT2D eigenvalue weighted by atomic mass is 32.2. The molecule has 0 N–H and O–H groups in total. The highest BCUT2D eigenvalue weighted by Gasteiger charge is 2.30. The van der Waals surface area contributed by atoms with Crippen LogP contribution in [0.15, 0.2) is 41.4 Å². The number of hydrogen-bond acceptors (Lipinski definition) is 3. The molecule has 1 aromatic heterocycles. The van der Waals surface area contributed by atoms with Crippen LogP contribution in [0.2, 0.25) is 0 Å². The minimum atomic E-state index is -3.53. The van der Waals surface area contributed by atoms with E-state index in [0.717, 1.165) is 31.2 Å². The normalized spacial score (nSPS) is 17.1. The summed E-state index contributed by atoms with van der Waals surface area (Å²) in [5.74, 6) is 0. The first kappa shape index (κ1) is 17.2. The molecule has 0 atom stereocenters. The molecule has 1 aliphatic heterocycles. The van der Waals surface area contributed by atoms with Gasteiger partial charge in [-0.1, -0.05) is 43.2 Å². The van der Waals surface area contributed by atoms with E-state index < -0.39 is 10.0 Å². The van der Waals surface area contributed by atoms with Gasteiger partial charge >= 0.3 is 0 Å². The van der Waals surface area contributed by atoms with Gasteiger partial charge in [-0.15, -0.1) is 0 Å². The Labute approximate surface area is 144 Å². The summed E-state index contributed by atoms with van der Waals surface area (Å²) in [6.07, 6.45) is 5.75. The lowest BCUT2D eigenvalue weighted by atomic mass is 10.2. The quantitative estimate of drug-likeness (QED) is 0.847. The topological polar surface area (TPSA) is 55.2 Å². The predicted octanol–water partition coefficient (Wildman–Crippen LogP) is 3.70. The van der Waals surface area contributed by atoms with E-state index in [1.165, 1.54) is 0 Å². The number of sulfonamides is 1. The number of hydrogen-bond donors (Lipinski definition) is 0. The average Bonchev–Trinajstić information content (AvgIpc) is 2.85. The van der Waals surface area contributed by atoms with Crippen LogP contribution in [0.3, 0.4) is 0 Å². The Kier molecular flexibility index (Phi) is 5.06. The number of aromatic nitrogens is 2. The third kappa shape index (κ3) is 3.39. The summed E-state index contributed by atoms with van der Waals surface area (Å²) < 4.78 is 29.9.